The van der Waals surface area contributed by atoms with Crippen LogP contribution in [0.3, 0.4) is 0 Å². The lowest BCUT2D eigenvalue weighted by molar-refractivity contribution is -0.384. The molecule has 3 rings (SSSR count). The summed E-state index contributed by atoms with van der Waals surface area (Å²) in [5, 5.41) is 23.9. The topological polar surface area (TPSA) is 87.9 Å². The van der Waals surface area contributed by atoms with Crippen LogP contribution in [0.25, 0.3) is 0 Å². The molecule has 26 heavy (non-hydrogen) atoms. The van der Waals surface area contributed by atoms with Crippen LogP contribution in [0, 0.1) is 17.0 Å². The number of aliphatic hydroxyl groups excluding tert-OH is 1. The fraction of sp³-hybridized carbons (Fsp3) is 0.444. The highest BCUT2D eigenvalue weighted by molar-refractivity contribution is 7.12. The molecule has 0 amide bonds. The minimum atomic E-state index is -0.400. The molecule has 1 aromatic carbocycles. The van der Waals surface area contributed by atoms with Gasteiger partial charge in [0.2, 0.25) is 0 Å². The number of rotatable bonds is 7. The molecule has 1 fully saturated rings. The summed E-state index contributed by atoms with van der Waals surface area (Å²) in [7, 11) is 0. The first-order chi connectivity index (χ1) is 12.6. The molecule has 1 unspecified atom stereocenters. The maximum Gasteiger partial charge on any atom is 0.292 e. The Kier molecular flexibility index (Phi) is 6.20. The number of hydrogen-bond acceptors (Lipinski definition) is 7. The van der Waals surface area contributed by atoms with Crippen LogP contribution in [-0.4, -0.2) is 47.8 Å². The van der Waals surface area contributed by atoms with E-state index in [-0.39, 0.29) is 18.3 Å². The molecular weight excluding hydrogens is 354 g/mol. The van der Waals surface area contributed by atoms with Gasteiger partial charge in [0.1, 0.15) is 5.69 Å². The number of nitro groups is 1. The number of benzene rings is 1. The van der Waals surface area contributed by atoms with Gasteiger partial charge in [-0.05, 0) is 36.8 Å². The molecule has 2 heterocycles. The van der Waals surface area contributed by atoms with Crippen LogP contribution in [-0.2, 0) is 11.3 Å². The van der Waals surface area contributed by atoms with Crippen LogP contribution in [0.15, 0.2) is 30.3 Å². The fourth-order valence-electron chi connectivity index (χ4n) is 3.12. The van der Waals surface area contributed by atoms with Gasteiger partial charge in [0.15, 0.2) is 0 Å². The zero-order valence-electron chi connectivity index (χ0n) is 14.7. The summed E-state index contributed by atoms with van der Waals surface area (Å²) in [5.74, 6) is 0. The second-order valence-electron chi connectivity index (χ2n) is 6.26. The quantitative estimate of drug-likeness (QED) is 0.570. The Labute approximate surface area is 156 Å². The van der Waals surface area contributed by atoms with E-state index < -0.39 is 4.92 Å². The standard InChI is InChI=1S/C18H23N3O4S/c1-13-2-5-18(26-13)17(20-6-8-25-9-7-20)11-19-15-10-14(12-22)3-4-16(15)21(23)24/h2-5,10,17,19,22H,6-9,11-12H2,1H3. The molecule has 0 spiro atoms. The molecule has 0 bridgehead atoms. The number of nitro benzene ring substituents is 1. The number of morpholine rings is 1. The van der Waals surface area contributed by atoms with Gasteiger partial charge in [0.25, 0.3) is 5.69 Å². The van der Waals surface area contributed by atoms with E-state index in [4.69, 9.17) is 4.74 Å². The van der Waals surface area contributed by atoms with Crippen molar-refractivity contribution in [2.24, 2.45) is 0 Å². The smallest absolute Gasteiger partial charge is 0.292 e. The third kappa shape index (κ3) is 4.39. The minimum Gasteiger partial charge on any atom is -0.392 e. The summed E-state index contributed by atoms with van der Waals surface area (Å²) in [6.45, 7) is 5.54. The summed E-state index contributed by atoms with van der Waals surface area (Å²) in [6, 6.07) is 9.00. The average molecular weight is 377 g/mol. The van der Waals surface area contributed by atoms with E-state index >= 15 is 0 Å². The number of nitrogens with one attached hydrogen (secondary N) is 1. The maximum atomic E-state index is 11.3. The van der Waals surface area contributed by atoms with Crippen molar-refractivity contribution in [1.82, 2.24) is 4.90 Å². The normalized spacial score (nSPS) is 16.4. The van der Waals surface area contributed by atoms with Crippen LogP contribution in [0.4, 0.5) is 11.4 Å². The number of nitrogens with zero attached hydrogens (tertiary/aromatic N) is 2. The molecule has 1 aromatic heterocycles. The van der Waals surface area contributed by atoms with Crippen LogP contribution in [0.1, 0.15) is 21.4 Å². The van der Waals surface area contributed by atoms with Crippen LogP contribution < -0.4 is 5.32 Å². The van der Waals surface area contributed by atoms with Crippen molar-refractivity contribution in [3.05, 3.63) is 55.8 Å². The number of ether oxygens (including phenoxy) is 1. The van der Waals surface area contributed by atoms with E-state index in [2.05, 4.69) is 29.3 Å². The fourth-order valence-corrected chi connectivity index (χ4v) is 4.13. The highest BCUT2D eigenvalue weighted by atomic mass is 32.1. The summed E-state index contributed by atoms with van der Waals surface area (Å²) in [5.41, 5.74) is 1.10. The monoisotopic (exact) mass is 377 g/mol. The second kappa shape index (κ2) is 8.59. The molecule has 0 radical (unpaired) electrons. The summed E-state index contributed by atoms with van der Waals surface area (Å²) >= 11 is 1.75. The molecule has 140 valence electrons. The van der Waals surface area contributed by atoms with Crippen molar-refractivity contribution in [2.45, 2.75) is 19.6 Å². The first-order valence-electron chi connectivity index (χ1n) is 8.58. The van der Waals surface area contributed by atoms with Gasteiger partial charge in [-0.15, -0.1) is 11.3 Å². The second-order valence-corrected chi connectivity index (χ2v) is 7.58. The highest BCUT2D eigenvalue weighted by Gasteiger charge is 2.25. The third-order valence-electron chi connectivity index (χ3n) is 4.50. The Balaban J connectivity index is 1.82. The molecule has 2 N–H and O–H groups in total. The van der Waals surface area contributed by atoms with Gasteiger partial charge in [-0.1, -0.05) is 0 Å². The molecule has 1 saturated heterocycles. The Hall–Kier alpha value is -2.00. The van der Waals surface area contributed by atoms with Gasteiger partial charge in [0, 0.05) is 35.5 Å². The molecular formula is C18H23N3O4S. The van der Waals surface area contributed by atoms with Crippen molar-refractivity contribution in [3.8, 4) is 0 Å². The van der Waals surface area contributed by atoms with Gasteiger partial charge < -0.3 is 15.2 Å². The number of anilines is 1. The lowest BCUT2D eigenvalue weighted by Crippen LogP contribution is -2.41. The Bertz CT molecular complexity index is 759. The van der Waals surface area contributed by atoms with Crippen molar-refractivity contribution in [2.75, 3.05) is 38.2 Å². The summed E-state index contributed by atoms with van der Waals surface area (Å²) < 4.78 is 5.46. The molecule has 0 saturated carbocycles. The van der Waals surface area contributed by atoms with Crippen molar-refractivity contribution < 1.29 is 14.8 Å². The number of thiophene rings is 1. The Morgan fingerprint density at radius 1 is 1.35 bits per heavy atom. The predicted octanol–water partition coefficient (Wildman–Crippen LogP) is 2.94. The molecule has 1 aliphatic heterocycles. The van der Waals surface area contributed by atoms with Crippen LogP contribution in [0.2, 0.25) is 0 Å². The van der Waals surface area contributed by atoms with E-state index in [9.17, 15) is 15.2 Å². The summed E-state index contributed by atoms with van der Waals surface area (Å²) in [4.78, 5) is 15.7. The lowest BCUT2D eigenvalue weighted by atomic mass is 10.1. The number of aliphatic hydroxyl groups is 1. The van der Waals surface area contributed by atoms with Crippen molar-refractivity contribution >= 4 is 22.7 Å². The summed E-state index contributed by atoms with van der Waals surface area (Å²) in [6.07, 6.45) is 0. The largest absolute Gasteiger partial charge is 0.392 e. The Morgan fingerprint density at radius 3 is 2.73 bits per heavy atom. The van der Waals surface area contributed by atoms with Gasteiger partial charge in [-0.3, -0.25) is 15.0 Å². The Morgan fingerprint density at radius 2 is 2.12 bits per heavy atom. The minimum absolute atomic E-state index is 0.0188. The number of hydrogen-bond donors (Lipinski definition) is 2. The zero-order valence-corrected chi connectivity index (χ0v) is 15.5. The zero-order chi connectivity index (χ0) is 18.5. The third-order valence-corrected chi connectivity index (χ3v) is 5.60. The van der Waals surface area contributed by atoms with E-state index in [0.717, 1.165) is 13.1 Å². The van der Waals surface area contributed by atoms with E-state index in [1.165, 1.54) is 15.8 Å². The lowest BCUT2D eigenvalue weighted by Gasteiger charge is -2.34. The molecule has 2 aromatic rings. The maximum absolute atomic E-state index is 11.3. The molecule has 8 heteroatoms. The molecule has 7 nitrogen and oxygen atoms in total. The molecule has 0 aliphatic carbocycles. The van der Waals surface area contributed by atoms with Crippen molar-refractivity contribution in [3.63, 3.8) is 0 Å². The van der Waals surface area contributed by atoms with E-state index in [1.54, 1.807) is 23.5 Å². The number of aryl methyl sites for hydroxylation is 1. The van der Waals surface area contributed by atoms with Gasteiger partial charge in [-0.25, -0.2) is 0 Å². The predicted molar refractivity (Wildman–Crippen MR) is 102 cm³/mol. The average Bonchev–Trinajstić information content (AvgIpc) is 3.08. The van der Waals surface area contributed by atoms with Crippen LogP contribution >= 0.6 is 11.3 Å². The first kappa shape index (κ1) is 18.8. The highest BCUT2D eigenvalue weighted by Crippen LogP contribution is 2.31. The van der Waals surface area contributed by atoms with Gasteiger partial charge in [0.05, 0.1) is 30.8 Å². The van der Waals surface area contributed by atoms with Gasteiger partial charge in [-0.2, -0.15) is 0 Å². The SMILES string of the molecule is Cc1ccc(C(CNc2cc(CO)ccc2[N+](=O)[O-])N2CCOCC2)s1. The molecule has 1 atom stereocenters. The van der Waals surface area contributed by atoms with E-state index in [0.29, 0.717) is 31.0 Å². The van der Waals surface area contributed by atoms with Crippen molar-refractivity contribution in [1.29, 1.82) is 0 Å². The molecule has 1 aliphatic rings. The van der Waals surface area contributed by atoms with E-state index in [1.807, 2.05) is 0 Å². The first-order valence-corrected chi connectivity index (χ1v) is 9.40. The van der Waals surface area contributed by atoms with Crippen LogP contribution in [0.5, 0.6) is 0 Å². The van der Waals surface area contributed by atoms with Gasteiger partial charge >= 0.3 is 0 Å².